The first-order chi connectivity index (χ1) is 8.58. The topological polar surface area (TPSA) is 85.2 Å². The summed E-state index contributed by atoms with van der Waals surface area (Å²) in [6, 6.07) is 5.12. The molecule has 0 fully saturated rings. The van der Waals surface area contributed by atoms with E-state index in [1.807, 2.05) is 0 Å². The van der Waals surface area contributed by atoms with Gasteiger partial charge in [-0.25, -0.2) is 4.98 Å². The van der Waals surface area contributed by atoms with Gasteiger partial charge in [-0.05, 0) is 19.1 Å². The number of aryl methyl sites for hydroxylation is 1. The number of carbonyl (C=O) groups excluding carboxylic acids is 1. The highest BCUT2D eigenvalue weighted by Gasteiger charge is 2.17. The lowest BCUT2D eigenvalue weighted by atomic mass is 10.2. The number of pyridine rings is 1. The van der Waals surface area contributed by atoms with Crippen LogP contribution in [0.2, 0.25) is 0 Å². The second kappa shape index (κ2) is 4.87. The van der Waals surface area contributed by atoms with E-state index >= 15 is 0 Å². The van der Waals surface area contributed by atoms with Gasteiger partial charge >= 0.3 is 0 Å². The number of anilines is 1. The molecule has 18 heavy (non-hydrogen) atoms. The molecule has 0 aliphatic heterocycles. The van der Waals surface area contributed by atoms with Crippen LogP contribution in [0.3, 0.4) is 0 Å². The van der Waals surface area contributed by atoms with Crippen molar-refractivity contribution < 1.29 is 9.32 Å². The molecule has 0 atom stereocenters. The molecule has 0 saturated carbocycles. The fraction of sp³-hybridized carbons (Fsp3) is 0.250. The number of nitrogens with two attached hydrogens (primary N) is 1. The maximum absolute atomic E-state index is 12.1. The van der Waals surface area contributed by atoms with Crippen LogP contribution in [0.15, 0.2) is 28.9 Å². The Labute approximate surface area is 104 Å². The van der Waals surface area contributed by atoms with E-state index in [1.54, 1.807) is 32.2 Å². The van der Waals surface area contributed by atoms with Gasteiger partial charge in [-0.15, -0.1) is 0 Å². The van der Waals surface area contributed by atoms with Crippen molar-refractivity contribution in [3.8, 4) is 0 Å². The quantitative estimate of drug-likeness (QED) is 0.880. The first-order valence-electron chi connectivity index (χ1n) is 5.46. The van der Waals surface area contributed by atoms with Gasteiger partial charge < -0.3 is 15.2 Å². The second-order valence-corrected chi connectivity index (χ2v) is 4.03. The Morgan fingerprint density at radius 1 is 1.56 bits per heavy atom. The van der Waals surface area contributed by atoms with Crippen LogP contribution in [0.4, 0.5) is 5.69 Å². The van der Waals surface area contributed by atoms with E-state index in [-0.39, 0.29) is 11.6 Å². The molecule has 0 aliphatic carbocycles. The number of nitrogens with zero attached hydrogens (tertiary/aromatic N) is 3. The molecular weight excluding hydrogens is 232 g/mol. The van der Waals surface area contributed by atoms with E-state index in [0.717, 1.165) is 0 Å². The van der Waals surface area contributed by atoms with Crippen LogP contribution in [0.1, 0.15) is 21.9 Å². The molecule has 6 nitrogen and oxygen atoms in total. The van der Waals surface area contributed by atoms with Gasteiger partial charge in [0.2, 0.25) is 0 Å². The Hall–Kier alpha value is -2.37. The molecule has 6 heteroatoms. The Morgan fingerprint density at radius 3 is 2.94 bits per heavy atom. The van der Waals surface area contributed by atoms with Crippen LogP contribution >= 0.6 is 0 Å². The molecule has 2 aromatic heterocycles. The molecule has 2 heterocycles. The molecule has 0 radical (unpaired) electrons. The van der Waals surface area contributed by atoms with E-state index in [0.29, 0.717) is 23.7 Å². The van der Waals surface area contributed by atoms with Gasteiger partial charge in [0.1, 0.15) is 11.5 Å². The third-order valence-electron chi connectivity index (χ3n) is 2.46. The Bertz CT molecular complexity index is 565. The average Bonchev–Trinajstić information content (AvgIpc) is 2.74. The number of aromatic nitrogens is 2. The minimum Gasteiger partial charge on any atom is -0.397 e. The summed E-state index contributed by atoms with van der Waals surface area (Å²) in [5.41, 5.74) is 7.02. The number of hydrogen-bond acceptors (Lipinski definition) is 5. The monoisotopic (exact) mass is 246 g/mol. The Kier molecular flexibility index (Phi) is 3.27. The van der Waals surface area contributed by atoms with Crippen molar-refractivity contribution in [1.82, 2.24) is 15.0 Å². The molecular formula is C12H14N4O2. The van der Waals surface area contributed by atoms with Crippen molar-refractivity contribution in [3.05, 3.63) is 41.5 Å². The predicted octanol–water partition coefficient (Wildman–Crippen LogP) is 1.23. The van der Waals surface area contributed by atoms with Crippen LogP contribution in [0.5, 0.6) is 0 Å². The Balaban J connectivity index is 2.12. The summed E-state index contributed by atoms with van der Waals surface area (Å²) in [5.74, 6) is 0.469. The molecule has 94 valence electrons. The predicted molar refractivity (Wildman–Crippen MR) is 65.7 cm³/mol. The van der Waals surface area contributed by atoms with Crippen molar-refractivity contribution >= 4 is 11.6 Å². The summed E-state index contributed by atoms with van der Waals surface area (Å²) in [5, 5.41) is 3.83. The minimum atomic E-state index is -0.242. The van der Waals surface area contributed by atoms with Crippen LogP contribution < -0.4 is 5.73 Å². The van der Waals surface area contributed by atoms with Gasteiger partial charge in [0, 0.05) is 19.3 Å². The molecule has 0 saturated heterocycles. The molecule has 2 rings (SSSR count). The maximum Gasteiger partial charge on any atom is 0.274 e. The first kappa shape index (κ1) is 12.1. The molecule has 0 spiro atoms. The summed E-state index contributed by atoms with van der Waals surface area (Å²) < 4.78 is 4.95. The maximum atomic E-state index is 12.1. The number of rotatable bonds is 3. The molecule has 0 aromatic carbocycles. The average molecular weight is 246 g/mol. The fourth-order valence-corrected chi connectivity index (χ4v) is 1.58. The van der Waals surface area contributed by atoms with Gasteiger partial charge in [0.15, 0.2) is 5.69 Å². The van der Waals surface area contributed by atoms with Gasteiger partial charge in [-0.2, -0.15) is 0 Å². The van der Waals surface area contributed by atoms with E-state index in [9.17, 15) is 4.79 Å². The zero-order valence-electron chi connectivity index (χ0n) is 10.3. The fourth-order valence-electron chi connectivity index (χ4n) is 1.58. The third-order valence-corrected chi connectivity index (χ3v) is 2.46. The number of carbonyl (C=O) groups is 1. The highest BCUT2D eigenvalue weighted by molar-refractivity contribution is 5.96. The summed E-state index contributed by atoms with van der Waals surface area (Å²) in [4.78, 5) is 17.6. The SMILES string of the molecule is Cc1cc(CN(C)C(=O)c2ncccc2N)no1. The van der Waals surface area contributed by atoms with Crippen molar-refractivity contribution in [2.24, 2.45) is 0 Å². The number of hydrogen-bond donors (Lipinski definition) is 1. The number of amides is 1. The second-order valence-electron chi connectivity index (χ2n) is 4.03. The summed E-state index contributed by atoms with van der Waals surface area (Å²) >= 11 is 0. The first-order valence-corrected chi connectivity index (χ1v) is 5.46. The Morgan fingerprint density at radius 2 is 2.33 bits per heavy atom. The van der Waals surface area contributed by atoms with Crippen molar-refractivity contribution in [2.75, 3.05) is 12.8 Å². The van der Waals surface area contributed by atoms with Crippen molar-refractivity contribution in [3.63, 3.8) is 0 Å². The van der Waals surface area contributed by atoms with Gasteiger partial charge in [0.05, 0.1) is 12.2 Å². The lowest BCUT2D eigenvalue weighted by molar-refractivity contribution is 0.0777. The molecule has 0 aliphatic rings. The minimum absolute atomic E-state index is 0.242. The summed E-state index contributed by atoms with van der Waals surface area (Å²) in [6.45, 7) is 2.15. The van der Waals surface area contributed by atoms with E-state index < -0.39 is 0 Å². The van der Waals surface area contributed by atoms with Gasteiger partial charge in [-0.1, -0.05) is 5.16 Å². The van der Waals surface area contributed by atoms with Crippen molar-refractivity contribution in [2.45, 2.75) is 13.5 Å². The van der Waals surface area contributed by atoms with Crippen molar-refractivity contribution in [1.29, 1.82) is 0 Å². The van der Waals surface area contributed by atoms with E-state index in [4.69, 9.17) is 10.3 Å². The van der Waals surface area contributed by atoms with Crippen LogP contribution in [0.25, 0.3) is 0 Å². The zero-order chi connectivity index (χ0) is 13.1. The lowest BCUT2D eigenvalue weighted by Crippen LogP contribution is -2.27. The van der Waals surface area contributed by atoms with E-state index in [2.05, 4.69) is 10.1 Å². The highest BCUT2D eigenvalue weighted by atomic mass is 16.5. The van der Waals surface area contributed by atoms with E-state index in [1.165, 1.54) is 11.1 Å². The third kappa shape index (κ3) is 2.48. The normalized spacial score (nSPS) is 10.3. The van der Waals surface area contributed by atoms with Crippen LogP contribution in [-0.2, 0) is 6.54 Å². The lowest BCUT2D eigenvalue weighted by Gasteiger charge is -2.15. The van der Waals surface area contributed by atoms with Crippen LogP contribution in [0, 0.1) is 6.92 Å². The standard InChI is InChI=1S/C12H14N4O2/c1-8-6-9(15-18-8)7-16(2)12(17)11-10(13)4-3-5-14-11/h3-6H,7,13H2,1-2H3. The van der Waals surface area contributed by atoms with Gasteiger partial charge in [0.25, 0.3) is 5.91 Å². The zero-order valence-corrected chi connectivity index (χ0v) is 10.3. The molecule has 1 amide bonds. The molecule has 0 bridgehead atoms. The largest absolute Gasteiger partial charge is 0.397 e. The molecule has 2 N–H and O–H groups in total. The smallest absolute Gasteiger partial charge is 0.274 e. The van der Waals surface area contributed by atoms with Gasteiger partial charge in [-0.3, -0.25) is 4.79 Å². The summed E-state index contributed by atoms with van der Waals surface area (Å²) in [7, 11) is 1.67. The van der Waals surface area contributed by atoms with Crippen LogP contribution in [-0.4, -0.2) is 28.0 Å². The molecule has 0 unspecified atom stereocenters. The molecule has 2 aromatic rings. The number of nitrogen functional groups attached to an aromatic ring is 1. The highest BCUT2D eigenvalue weighted by Crippen LogP contribution is 2.12. The summed E-state index contributed by atoms with van der Waals surface area (Å²) in [6.07, 6.45) is 1.54.